The van der Waals surface area contributed by atoms with Crippen LogP contribution in [0.3, 0.4) is 0 Å². The van der Waals surface area contributed by atoms with Crippen LogP contribution < -0.4 is 0 Å². The van der Waals surface area contributed by atoms with E-state index in [2.05, 4.69) is 8.92 Å². The molecule has 2 atom stereocenters. The van der Waals surface area contributed by atoms with Crippen molar-refractivity contribution in [3.8, 4) is 0 Å². The lowest BCUT2D eigenvalue weighted by molar-refractivity contribution is -0.147. The second-order valence-electron chi connectivity index (χ2n) is 4.27. The molecule has 0 aromatic rings. The van der Waals surface area contributed by atoms with Crippen molar-refractivity contribution in [2.45, 2.75) is 38.4 Å². The largest absolute Gasteiger partial charge is 0.505 e. The number of rotatable bonds is 7. The number of aliphatic hydroxyl groups excluding tert-OH is 4. The molecule has 130 valence electrons. The lowest BCUT2D eigenvalue weighted by Gasteiger charge is -2.13. The molecule has 0 spiro atoms. The first-order chi connectivity index (χ1) is 10.1. The van der Waals surface area contributed by atoms with Gasteiger partial charge in [-0.05, 0) is 6.42 Å². The summed E-state index contributed by atoms with van der Waals surface area (Å²) in [6.07, 6.45) is -0.207. The van der Waals surface area contributed by atoms with Crippen molar-refractivity contribution in [1.29, 1.82) is 0 Å². The van der Waals surface area contributed by atoms with Gasteiger partial charge in [-0.2, -0.15) is 8.42 Å². The van der Waals surface area contributed by atoms with Gasteiger partial charge in [0, 0.05) is 0 Å². The summed E-state index contributed by atoms with van der Waals surface area (Å²) in [6.45, 7) is 1.40. The molecule has 0 aromatic carbocycles. The molecular formula is C11H20O10S. The van der Waals surface area contributed by atoms with Gasteiger partial charge >= 0.3 is 16.4 Å². The zero-order valence-electron chi connectivity index (χ0n) is 11.9. The molecule has 0 fully saturated rings. The van der Waals surface area contributed by atoms with Crippen molar-refractivity contribution in [2.24, 2.45) is 0 Å². The first kappa shape index (κ1) is 20.6. The van der Waals surface area contributed by atoms with E-state index in [0.717, 1.165) is 12.8 Å². The van der Waals surface area contributed by atoms with Gasteiger partial charge in [0.1, 0.15) is 6.10 Å². The topological polar surface area (TPSA) is 171 Å². The van der Waals surface area contributed by atoms with Crippen LogP contribution in [-0.2, 0) is 24.1 Å². The summed E-state index contributed by atoms with van der Waals surface area (Å²) < 4.78 is 36.3. The highest BCUT2D eigenvalue weighted by atomic mass is 32.3. The zero-order chi connectivity index (χ0) is 17.3. The summed E-state index contributed by atoms with van der Waals surface area (Å²) in [7, 11) is -4.20. The van der Waals surface area contributed by atoms with Crippen LogP contribution in [0.4, 0.5) is 0 Å². The van der Waals surface area contributed by atoms with E-state index in [0.29, 0.717) is 6.42 Å². The summed E-state index contributed by atoms with van der Waals surface area (Å²) in [5.74, 6) is -2.78. The Morgan fingerprint density at radius 3 is 2.27 bits per heavy atom. The van der Waals surface area contributed by atoms with Gasteiger partial charge in [0.05, 0.1) is 13.2 Å². The quantitative estimate of drug-likeness (QED) is 0.232. The van der Waals surface area contributed by atoms with Crippen molar-refractivity contribution in [2.75, 3.05) is 13.2 Å². The van der Waals surface area contributed by atoms with Crippen LogP contribution >= 0.6 is 0 Å². The summed E-state index contributed by atoms with van der Waals surface area (Å²) in [5, 5.41) is 35.0. The van der Waals surface area contributed by atoms with Crippen LogP contribution in [0.15, 0.2) is 11.5 Å². The van der Waals surface area contributed by atoms with Crippen molar-refractivity contribution in [1.82, 2.24) is 0 Å². The first-order valence-electron chi connectivity index (χ1n) is 6.37. The predicted octanol–water partition coefficient (Wildman–Crippen LogP) is -0.411. The molecular weight excluding hydrogens is 324 g/mol. The third-order valence-corrected chi connectivity index (χ3v) is 2.92. The predicted molar refractivity (Wildman–Crippen MR) is 72.3 cm³/mol. The van der Waals surface area contributed by atoms with E-state index >= 15 is 0 Å². The van der Waals surface area contributed by atoms with Gasteiger partial charge in [-0.25, -0.2) is 8.98 Å². The number of esters is 1. The molecule has 5 N–H and O–H groups in total. The summed E-state index contributed by atoms with van der Waals surface area (Å²) in [4.78, 5) is 10.5. The summed E-state index contributed by atoms with van der Waals surface area (Å²) >= 11 is 0. The van der Waals surface area contributed by atoms with Crippen molar-refractivity contribution in [3.05, 3.63) is 11.5 Å². The molecule has 1 rings (SSSR count). The van der Waals surface area contributed by atoms with Crippen LogP contribution in [-0.4, -0.2) is 64.8 Å². The number of carbonyl (C=O) groups is 1. The summed E-state index contributed by atoms with van der Waals surface area (Å²) in [6, 6.07) is 0. The summed E-state index contributed by atoms with van der Waals surface area (Å²) in [5.41, 5.74) is 0. The number of cyclic esters (lactones) is 1. The Hall–Kier alpha value is -1.40. The molecule has 1 aliphatic rings. The highest BCUT2D eigenvalue weighted by Crippen LogP contribution is 2.20. The lowest BCUT2D eigenvalue weighted by atomic mass is 10.2. The van der Waals surface area contributed by atoms with Crippen molar-refractivity contribution >= 4 is 16.4 Å². The Morgan fingerprint density at radius 2 is 1.91 bits per heavy atom. The minimum absolute atomic E-state index is 0.0761. The van der Waals surface area contributed by atoms with E-state index in [9.17, 15) is 13.2 Å². The van der Waals surface area contributed by atoms with Crippen LogP contribution in [0.25, 0.3) is 0 Å². The van der Waals surface area contributed by atoms with E-state index in [1.54, 1.807) is 0 Å². The molecule has 1 aliphatic heterocycles. The van der Waals surface area contributed by atoms with E-state index < -0.39 is 46.7 Å². The van der Waals surface area contributed by atoms with E-state index in [-0.39, 0.29) is 6.61 Å². The monoisotopic (exact) mass is 344 g/mol. The minimum Gasteiger partial charge on any atom is -0.505 e. The Kier molecular flexibility index (Phi) is 8.97. The van der Waals surface area contributed by atoms with Gasteiger partial charge in [-0.1, -0.05) is 19.8 Å². The van der Waals surface area contributed by atoms with Crippen LogP contribution in [0.5, 0.6) is 0 Å². The normalized spacial score (nSPS) is 19.5. The molecule has 22 heavy (non-hydrogen) atoms. The number of hydrogen-bond acceptors (Lipinski definition) is 9. The fourth-order valence-corrected chi connectivity index (χ4v) is 1.67. The van der Waals surface area contributed by atoms with Gasteiger partial charge < -0.3 is 25.2 Å². The molecule has 0 unspecified atom stereocenters. The Labute approximate surface area is 127 Å². The Morgan fingerprint density at radius 1 is 1.32 bits per heavy atom. The van der Waals surface area contributed by atoms with Crippen LogP contribution in [0.2, 0.25) is 0 Å². The molecule has 0 radical (unpaired) electrons. The second-order valence-corrected chi connectivity index (χ2v) is 5.36. The minimum atomic E-state index is -4.20. The number of carbonyl (C=O) groups excluding carboxylic acids is 1. The zero-order valence-corrected chi connectivity index (χ0v) is 12.7. The van der Waals surface area contributed by atoms with E-state index in [1.807, 2.05) is 6.92 Å². The van der Waals surface area contributed by atoms with Gasteiger partial charge in [-0.3, -0.25) is 4.55 Å². The van der Waals surface area contributed by atoms with Gasteiger partial charge in [0.25, 0.3) is 0 Å². The molecule has 10 nitrogen and oxygen atoms in total. The standard InChI is InChI=1S/C6H8O6.C5H12O4S/c7-1-2(8)5-3(9)4(10)6(11)12-5;1-2-3-4-5-9-10(6,7)8/h2,5,7-10H,1H2;2-5H2,1H3,(H,6,7,8)/t2-,5+;/m0./s1. The molecule has 0 aliphatic carbocycles. The fraction of sp³-hybridized carbons (Fsp3) is 0.727. The average molecular weight is 344 g/mol. The number of ether oxygens (including phenoxy) is 1. The van der Waals surface area contributed by atoms with E-state index in [4.69, 9.17) is 25.0 Å². The molecule has 0 saturated heterocycles. The van der Waals surface area contributed by atoms with Crippen LogP contribution in [0.1, 0.15) is 26.2 Å². The average Bonchev–Trinajstić information content (AvgIpc) is 2.70. The molecule has 0 amide bonds. The fourth-order valence-electron chi connectivity index (χ4n) is 1.34. The number of hydrogen-bond donors (Lipinski definition) is 5. The maximum atomic E-state index is 10.5. The molecule has 0 aromatic heterocycles. The molecule has 0 bridgehead atoms. The Bertz CT molecular complexity index is 483. The lowest BCUT2D eigenvalue weighted by Crippen LogP contribution is -2.31. The SMILES string of the molecule is CCCCCOS(=O)(=O)O.O=C1O[C@H]([C@@H](O)CO)C(O)=C1O. The second kappa shape index (κ2) is 9.58. The Balaban J connectivity index is 0.000000409. The van der Waals surface area contributed by atoms with Gasteiger partial charge in [-0.15, -0.1) is 0 Å². The highest BCUT2D eigenvalue weighted by Gasteiger charge is 2.38. The molecule has 1 heterocycles. The number of unbranched alkanes of at least 4 members (excludes halogenated alkanes) is 2. The van der Waals surface area contributed by atoms with Gasteiger partial charge in [0.15, 0.2) is 11.9 Å². The third-order valence-electron chi connectivity index (χ3n) is 2.46. The van der Waals surface area contributed by atoms with Gasteiger partial charge in [0.2, 0.25) is 5.76 Å². The smallest absolute Gasteiger partial charge is 0.397 e. The number of aliphatic hydroxyl groups is 4. The van der Waals surface area contributed by atoms with Crippen molar-refractivity contribution in [3.63, 3.8) is 0 Å². The van der Waals surface area contributed by atoms with E-state index in [1.165, 1.54) is 0 Å². The third kappa shape index (κ3) is 7.56. The first-order valence-corrected chi connectivity index (χ1v) is 7.74. The maximum Gasteiger partial charge on any atom is 0.397 e. The molecule has 11 heteroatoms. The maximum absolute atomic E-state index is 10.5. The molecule has 0 saturated carbocycles. The van der Waals surface area contributed by atoms with Crippen LogP contribution in [0, 0.1) is 0 Å². The van der Waals surface area contributed by atoms with Crippen molar-refractivity contribution < 1.29 is 47.1 Å². The highest BCUT2D eigenvalue weighted by molar-refractivity contribution is 7.80.